The van der Waals surface area contributed by atoms with Crippen LogP contribution in [0.15, 0.2) is 47.2 Å². The summed E-state index contributed by atoms with van der Waals surface area (Å²) in [7, 11) is 0. The fourth-order valence-electron chi connectivity index (χ4n) is 1.88. The summed E-state index contributed by atoms with van der Waals surface area (Å²) in [6, 6.07) is 11.6. The van der Waals surface area contributed by atoms with Crippen LogP contribution in [-0.4, -0.2) is 11.1 Å². The van der Waals surface area contributed by atoms with Crippen LogP contribution in [0.5, 0.6) is 0 Å². The smallest absolute Gasteiger partial charge is 0.314 e. The largest absolute Gasteiger partial charge is 0.481 e. The standard InChI is InChI=1S/C14H14O2S/c1-14(13(15)16,12-7-8-17-10-12)9-11-5-3-2-4-6-11/h2-8,10H,9H2,1H3,(H,15,16). The minimum absolute atomic E-state index is 0.514. The van der Waals surface area contributed by atoms with Gasteiger partial charge < -0.3 is 5.11 Å². The molecule has 2 nitrogen and oxygen atoms in total. The van der Waals surface area contributed by atoms with Crippen LogP contribution in [0.25, 0.3) is 0 Å². The van der Waals surface area contributed by atoms with Gasteiger partial charge in [0.05, 0.1) is 5.41 Å². The molecule has 1 unspecified atom stereocenters. The van der Waals surface area contributed by atoms with Crippen LogP contribution in [0.3, 0.4) is 0 Å². The van der Waals surface area contributed by atoms with Crippen LogP contribution >= 0.6 is 11.3 Å². The minimum Gasteiger partial charge on any atom is -0.481 e. The molecule has 0 spiro atoms. The maximum absolute atomic E-state index is 11.5. The van der Waals surface area contributed by atoms with Gasteiger partial charge in [-0.25, -0.2) is 0 Å². The van der Waals surface area contributed by atoms with Gasteiger partial charge in [0.1, 0.15) is 0 Å². The van der Waals surface area contributed by atoms with E-state index in [1.54, 1.807) is 6.92 Å². The van der Waals surface area contributed by atoms with Crippen molar-refractivity contribution in [1.29, 1.82) is 0 Å². The first-order valence-corrected chi connectivity index (χ1v) is 6.37. The zero-order valence-electron chi connectivity index (χ0n) is 9.59. The number of hydrogen-bond acceptors (Lipinski definition) is 2. The molecule has 0 aliphatic heterocycles. The van der Waals surface area contributed by atoms with Gasteiger partial charge in [0.2, 0.25) is 0 Å². The van der Waals surface area contributed by atoms with E-state index in [1.807, 2.05) is 47.2 Å². The third-order valence-electron chi connectivity index (χ3n) is 3.03. The van der Waals surface area contributed by atoms with Gasteiger partial charge in [-0.2, -0.15) is 11.3 Å². The molecule has 0 saturated heterocycles. The first kappa shape index (κ1) is 11.9. The number of carbonyl (C=O) groups is 1. The number of carboxylic acids is 1. The topological polar surface area (TPSA) is 37.3 Å². The van der Waals surface area contributed by atoms with E-state index < -0.39 is 11.4 Å². The average Bonchev–Trinajstić information content (AvgIpc) is 2.84. The summed E-state index contributed by atoms with van der Waals surface area (Å²) < 4.78 is 0. The van der Waals surface area contributed by atoms with Crippen LogP contribution in [0.4, 0.5) is 0 Å². The van der Waals surface area contributed by atoms with Crippen molar-refractivity contribution in [2.45, 2.75) is 18.8 Å². The zero-order chi connectivity index (χ0) is 12.3. The average molecular weight is 246 g/mol. The number of thiophene rings is 1. The van der Waals surface area contributed by atoms with Gasteiger partial charge in [0, 0.05) is 0 Å². The predicted molar refractivity (Wildman–Crippen MR) is 69.5 cm³/mol. The van der Waals surface area contributed by atoms with Gasteiger partial charge in [-0.3, -0.25) is 4.79 Å². The molecule has 0 fully saturated rings. The van der Waals surface area contributed by atoms with E-state index in [2.05, 4.69) is 0 Å². The Morgan fingerprint density at radius 1 is 1.29 bits per heavy atom. The van der Waals surface area contributed by atoms with Crippen molar-refractivity contribution >= 4 is 17.3 Å². The molecule has 17 heavy (non-hydrogen) atoms. The normalized spacial score (nSPS) is 14.2. The molecule has 1 N–H and O–H groups in total. The molecule has 0 bridgehead atoms. The summed E-state index contributed by atoms with van der Waals surface area (Å²) >= 11 is 1.53. The maximum atomic E-state index is 11.5. The zero-order valence-corrected chi connectivity index (χ0v) is 10.4. The first-order chi connectivity index (χ1) is 8.13. The molecule has 1 heterocycles. The highest BCUT2D eigenvalue weighted by Gasteiger charge is 2.35. The minimum atomic E-state index is -0.846. The Kier molecular flexibility index (Phi) is 3.29. The Balaban J connectivity index is 2.34. The van der Waals surface area contributed by atoms with Crippen molar-refractivity contribution in [1.82, 2.24) is 0 Å². The van der Waals surface area contributed by atoms with Gasteiger partial charge in [0.15, 0.2) is 0 Å². The molecule has 1 atom stereocenters. The number of hydrogen-bond donors (Lipinski definition) is 1. The second kappa shape index (κ2) is 4.72. The van der Waals surface area contributed by atoms with Crippen molar-refractivity contribution in [3.8, 4) is 0 Å². The highest BCUT2D eigenvalue weighted by atomic mass is 32.1. The number of rotatable bonds is 4. The lowest BCUT2D eigenvalue weighted by atomic mass is 9.79. The lowest BCUT2D eigenvalue weighted by Crippen LogP contribution is -2.34. The quantitative estimate of drug-likeness (QED) is 0.898. The van der Waals surface area contributed by atoms with Crippen LogP contribution in [0.2, 0.25) is 0 Å². The molecule has 0 amide bonds. The van der Waals surface area contributed by atoms with Crippen LogP contribution in [-0.2, 0) is 16.6 Å². The van der Waals surface area contributed by atoms with Gasteiger partial charge in [-0.1, -0.05) is 30.3 Å². The molecule has 2 rings (SSSR count). The number of carboxylic acid groups (broad SMARTS) is 1. The summed E-state index contributed by atoms with van der Waals surface area (Å²) in [6.45, 7) is 1.78. The lowest BCUT2D eigenvalue weighted by molar-refractivity contribution is -0.143. The Bertz CT molecular complexity index is 490. The third-order valence-corrected chi connectivity index (χ3v) is 3.71. The summed E-state index contributed by atoms with van der Waals surface area (Å²) in [5.74, 6) is -0.778. The monoisotopic (exact) mass is 246 g/mol. The second-order valence-corrected chi connectivity index (χ2v) is 5.09. The van der Waals surface area contributed by atoms with E-state index in [0.717, 1.165) is 11.1 Å². The third kappa shape index (κ3) is 2.39. The Morgan fingerprint density at radius 2 is 2.00 bits per heavy atom. The molecule has 0 radical (unpaired) electrons. The van der Waals surface area contributed by atoms with E-state index in [-0.39, 0.29) is 0 Å². The number of benzene rings is 1. The van der Waals surface area contributed by atoms with Gasteiger partial charge in [0.25, 0.3) is 0 Å². The Morgan fingerprint density at radius 3 is 2.53 bits per heavy atom. The highest BCUT2D eigenvalue weighted by Crippen LogP contribution is 2.30. The van der Waals surface area contributed by atoms with Gasteiger partial charge in [-0.15, -0.1) is 0 Å². The summed E-state index contributed by atoms with van der Waals surface area (Å²) in [4.78, 5) is 11.5. The molecular weight excluding hydrogens is 232 g/mol. The fourth-order valence-corrected chi connectivity index (χ4v) is 2.67. The first-order valence-electron chi connectivity index (χ1n) is 5.43. The summed E-state index contributed by atoms with van der Waals surface area (Å²) in [5.41, 5.74) is 1.07. The Labute approximate surface area is 105 Å². The SMILES string of the molecule is CC(Cc1ccccc1)(C(=O)O)c1ccsc1. The van der Waals surface area contributed by atoms with E-state index in [4.69, 9.17) is 0 Å². The van der Waals surface area contributed by atoms with Crippen LogP contribution in [0.1, 0.15) is 18.1 Å². The fraction of sp³-hybridized carbons (Fsp3) is 0.214. The summed E-state index contributed by atoms with van der Waals surface area (Å²) in [6.07, 6.45) is 0.514. The molecule has 0 aliphatic carbocycles. The summed E-state index contributed by atoms with van der Waals surface area (Å²) in [5, 5.41) is 13.3. The molecular formula is C14H14O2S. The van der Waals surface area contributed by atoms with Gasteiger partial charge >= 0.3 is 5.97 Å². The van der Waals surface area contributed by atoms with Crippen LogP contribution in [0, 0.1) is 0 Å². The molecule has 0 saturated carbocycles. The lowest BCUT2D eigenvalue weighted by Gasteiger charge is -2.24. The number of aliphatic carboxylic acids is 1. The highest BCUT2D eigenvalue weighted by molar-refractivity contribution is 7.08. The Hall–Kier alpha value is -1.61. The molecule has 0 aliphatic rings. The van der Waals surface area contributed by atoms with E-state index >= 15 is 0 Å². The van der Waals surface area contributed by atoms with Gasteiger partial charge in [-0.05, 0) is 41.3 Å². The van der Waals surface area contributed by atoms with Crippen molar-refractivity contribution in [2.24, 2.45) is 0 Å². The maximum Gasteiger partial charge on any atom is 0.314 e. The predicted octanol–water partition coefficient (Wildman–Crippen LogP) is 3.33. The van der Waals surface area contributed by atoms with Crippen molar-refractivity contribution in [2.75, 3.05) is 0 Å². The second-order valence-electron chi connectivity index (χ2n) is 4.31. The van der Waals surface area contributed by atoms with E-state index in [9.17, 15) is 9.90 Å². The molecule has 88 valence electrons. The van der Waals surface area contributed by atoms with Crippen molar-refractivity contribution in [3.05, 3.63) is 58.3 Å². The van der Waals surface area contributed by atoms with Crippen LogP contribution < -0.4 is 0 Å². The van der Waals surface area contributed by atoms with Crippen molar-refractivity contribution in [3.63, 3.8) is 0 Å². The van der Waals surface area contributed by atoms with E-state index in [1.165, 1.54) is 11.3 Å². The molecule has 1 aromatic heterocycles. The molecule has 3 heteroatoms. The van der Waals surface area contributed by atoms with E-state index in [0.29, 0.717) is 6.42 Å². The molecule has 2 aromatic rings. The molecule has 1 aromatic carbocycles. The van der Waals surface area contributed by atoms with Crippen molar-refractivity contribution < 1.29 is 9.90 Å².